The monoisotopic (exact) mass is 222 g/mol. The van der Waals surface area contributed by atoms with Gasteiger partial charge in [-0.15, -0.1) is 0 Å². The Bertz CT molecular complexity index is 278. The standard InChI is InChI=1S/C12H22N4/c13-6-9-16(10-7-14)8-5-11-1-3-12(15)4-2-11/h1-4H,5-10,13-15H2. The first kappa shape index (κ1) is 13.0. The van der Waals surface area contributed by atoms with Gasteiger partial charge in [-0.3, -0.25) is 0 Å². The average molecular weight is 222 g/mol. The van der Waals surface area contributed by atoms with Crippen LogP contribution in [0.5, 0.6) is 0 Å². The van der Waals surface area contributed by atoms with Crippen LogP contribution in [0.3, 0.4) is 0 Å². The largest absolute Gasteiger partial charge is 0.399 e. The normalized spacial score (nSPS) is 10.9. The molecule has 0 aliphatic heterocycles. The lowest BCUT2D eigenvalue weighted by Crippen LogP contribution is -2.35. The maximum atomic E-state index is 5.63. The van der Waals surface area contributed by atoms with Crippen LogP contribution in [0.15, 0.2) is 24.3 Å². The summed E-state index contributed by atoms with van der Waals surface area (Å²) in [6.45, 7) is 4.18. The molecule has 4 heteroatoms. The molecule has 0 atom stereocenters. The summed E-state index contributed by atoms with van der Waals surface area (Å²) < 4.78 is 0. The zero-order valence-electron chi connectivity index (χ0n) is 9.73. The van der Waals surface area contributed by atoms with E-state index >= 15 is 0 Å². The molecule has 1 aromatic carbocycles. The van der Waals surface area contributed by atoms with Gasteiger partial charge in [-0.05, 0) is 24.1 Å². The second kappa shape index (κ2) is 7.22. The van der Waals surface area contributed by atoms with Gasteiger partial charge in [0.05, 0.1) is 0 Å². The molecule has 0 amide bonds. The third kappa shape index (κ3) is 4.61. The third-order valence-corrected chi connectivity index (χ3v) is 2.59. The summed E-state index contributed by atoms with van der Waals surface area (Å²) in [6, 6.07) is 8.01. The number of benzene rings is 1. The second-order valence-electron chi connectivity index (χ2n) is 3.91. The van der Waals surface area contributed by atoms with Crippen LogP contribution in [-0.2, 0) is 6.42 Å². The Balaban J connectivity index is 2.38. The Labute approximate surface area is 97.4 Å². The number of nitrogens with zero attached hydrogens (tertiary/aromatic N) is 1. The molecule has 0 aliphatic rings. The van der Waals surface area contributed by atoms with Crippen LogP contribution < -0.4 is 17.2 Å². The molecule has 0 bridgehead atoms. The van der Waals surface area contributed by atoms with Gasteiger partial charge in [0, 0.05) is 38.4 Å². The van der Waals surface area contributed by atoms with Crippen LogP contribution in [0.4, 0.5) is 5.69 Å². The molecule has 0 spiro atoms. The number of anilines is 1. The fourth-order valence-electron chi connectivity index (χ4n) is 1.67. The minimum atomic E-state index is 0.682. The summed E-state index contributed by atoms with van der Waals surface area (Å²) in [5.74, 6) is 0. The van der Waals surface area contributed by atoms with Crippen molar-refractivity contribution in [1.82, 2.24) is 4.90 Å². The van der Waals surface area contributed by atoms with Gasteiger partial charge in [0.1, 0.15) is 0 Å². The summed E-state index contributed by atoms with van der Waals surface area (Å²) in [5, 5.41) is 0. The van der Waals surface area contributed by atoms with E-state index in [0.717, 1.165) is 31.7 Å². The maximum Gasteiger partial charge on any atom is 0.0314 e. The van der Waals surface area contributed by atoms with Crippen LogP contribution in [0.1, 0.15) is 5.56 Å². The summed E-state index contributed by atoms with van der Waals surface area (Å²) >= 11 is 0. The number of nitrogens with two attached hydrogens (primary N) is 3. The van der Waals surface area contributed by atoms with Crippen LogP contribution in [-0.4, -0.2) is 37.6 Å². The third-order valence-electron chi connectivity index (χ3n) is 2.59. The van der Waals surface area contributed by atoms with E-state index in [2.05, 4.69) is 17.0 Å². The minimum absolute atomic E-state index is 0.682. The van der Waals surface area contributed by atoms with Gasteiger partial charge in [-0.25, -0.2) is 0 Å². The van der Waals surface area contributed by atoms with Crippen LogP contribution in [0, 0.1) is 0 Å². The van der Waals surface area contributed by atoms with Gasteiger partial charge in [0.15, 0.2) is 0 Å². The maximum absolute atomic E-state index is 5.63. The van der Waals surface area contributed by atoms with Crippen molar-refractivity contribution in [2.45, 2.75) is 6.42 Å². The second-order valence-corrected chi connectivity index (χ2v) is 3.91. The van der Waals surface area contributed by atoms with E-state index in [4.69, 9.17) is 17.2 Å². The van der Waals surface area contributed by atoms with E-state index in [0.29, 0.717) is 13.1 Å². The molecule has 0 saturated heterocycles. The Hall–Kier alpha value is -1.10. The van der Waals surface area contributed by atoms with Gasteiger partial charge < -0.3 is 22.1 Å². The molecule has 16 heavy (non-hydrogen) atoms. The van der Waals surface area contributed by atoms with Crippen LogP contribution in [0.25, 0.3) is 0 Å². The van der Waals surface area contributed by atoms with E-state index in [1.165, 1.54) is 5.56 Å². The first-order chi connectivity index (χ1) is 7.76. The van der Waals surface area contributed by atoms with Gasteiger partial charge in [0.2, 0.25) is 0 Å². The fraction of sp³-hybridized carbons (Fsp3) is 0.500. The SMILES string of the molecule is NCCN(CCN)CCc1ccc(N)cc1. The Morgan fingerprint density at radius 1 is 0.875 bits per heavy atom. The highest BCUT2D eigenvalue weighted by atomic mass is 15.1. The lowest BCUT2D eigenvalue weighted by molar-refractivity contribution is 0.292. The average Bonchev–Trinajstić information content (AvgIpc) is 2.29. The highest BCUT2D eigenvalue weighted by Crippen LogP contribution is 2.06. The molecular weight excluding hydrogens is 200 g/mol. The predicted octanol–water partition coefficient (Wildman–Crippen LogP) is 0.0307. The molecule has 0 radical (unpaired) electrons. The zero-order chi connectivity index (χ0) is 11.8. The summed E-state index contributed by atoms with van der Waals surface area (Å²) in [5.41, 5.74) is 18.8. The summed E-state index contributed by atoms with van der Waals surface area (Å²) in [6.07, 6.45) is 1.01. The topological polar surface area (TPSA) is 81.3 Å². The van der Waals surface area contributed by atoms with Gasteiger partial charge >= 0.3 is 0 Å². The van der Waals surface area contributed by atoms with Gasteiger partial charge in [-0.2, -0.15) is 0 Å². The fourth-order valence-corrected chi connectivity index (χ4v) is 1.67. The van der Waals surface area contributed by atoms with Crippen molar-refractivity contribution < 1.29 is 0 Å². The van der Waals surface area contributed by atoms with Crippen molar-refractivity contribution in [1.29, 1.82) is 0 Å². The number of nitrogen functional groups attached to an aromatic ring is 1. The predicted molar refractivity (Wildman–Crippen MR) is 69.1 cm³/mol. The molecule has 1 aromatic rings. The highest BCUT2D eigenvalue weighted by molar-refractivity contribution is 5.39. The van der Waals surface area contributed by atoms with Crippen LogP contribution in [0.2, 0.25) is 0 Å². The molecule has 1 rings (SSSR count). The molecule has 0 unspecified atom stereocenters. The number of rotatable bonds is 7. The number of hydrogen-bond donors (Lipinski definition) is 3. The Morgan fingerprint density at radius 3 is 1.94 bits per heavy atom. The molecule has 0 aliphatic carbocycles. The molecule has 0 aromatic heterocycles. The van der Waals surface area contributed by atoms with Crippen LogP contribution >= 0.6 is 0 Å². The molecule has 0 saturated carbocycles. The van der Waals surface area contributed by atoms with E-state index in [-0.39, 0.29) is 0 Å². The smallest absolute Gasteiger partial charge is 0.0314 e. The first-order valence-electron chi connectivity index (χ1n) is 5.73. The van der Waals surface area contributed by atoms with Crippen molar-refractivity contribution in [3.05, 3.63) is 29.8 Å². The van der Waals surface area contributed by atoms with E-state index in [1.807, 2.05) is 12.1 Å². The lowest BCUT2D eigenvalue weighted by Gasteiger charge is -2.20. The molecule has 4 nitrogen and oxygen atoms in total. The molecule has 90 valence electrons. The molecule has 0 heterocycles. The molecule has 0 fully saturated rings. The van der Waals surface area contributed by atoms with Crippen molar-refractivity contribution in [3.8, 4) is 0 Å². The van der Waals surface area contributed by atoms with E-state index in [1.54, 1.807) is 0 Å². The minimum Gasteiger partial charge on any atom is -0.399 e. The molecule has 6 N–H and O–H groups in total. The van der Waals surface area contributed by atoms with Crippen molar-refractivity contribution in [3.63, 3.8) is 0 Å². The quantitative estimate of drug-likeness (QED) is 0.569. The Morgan fingerprint density at radius 2 is 1.44 bits per heavy atom. The lowest BCUT2D eigenvalue weighted by atomic mass is 10.1. The van der Waals surface area contributed by atoms with Gasteiger partial charge in [-0.1, -0.05) is 12.1 Å². The highest BCUT2D eigenvalue weighted by Gasteiger charge is 2.02. The van der Waals surface area contributed by atoms with Crippen molar-refractivity contribution in [2.24, 2.45) is 11.5 Å². The van der Waals surface area contributed by atoms with E-state index in [9.17, 15) is 0 Å². The Kier molecular flexibility index (Phi) is 5.85. The number of hydrogen-bond acceptors (Lipinski definition) is 4. The van der Waals surface area contributed by atoms with Crippen molar-refractivity contribution in [2.75, 3.05) is 38.5 Å². The van der Waals surface area contributed by atoms with E-state index < -0.39 is 0 Å². The van der Waals surface area contributed by atoms with Gasteiger partial charge in [0.25, 0.3) is 0 Å². The summed E-state index contributed by atoms with van der Waals surface area (Å²) in [4.78, 5) is 2.29. The van der Waals surface area contributed by atoms with Crippen molar-refractivity contribution >= 4 is 5.69 Å². The summed E-state index contributed by atoms with van der Waals surface area (Å²) in [7, 11) is 0. The zero-order valence-corrected chi connectivity index (χ0v) is 9.73. The first-order valence-corrected chi connectivity index (χ1v) is 5.73. The molecular formula is C12H22N4.